The average molecular weight is 233 g/mol. The third-order valence-electron chi connectivity index (χ3n) is 3.08. The highest BCUT2D eigenvalue weighted by Gasteiger charge is 2.29. The maximum Gasteiger partial charge on any atom is 0.223 e. The summed E-state index contributed by atoms with van der Waals surface area (Å²) in [5.74, 6) is 0.419. The first-order valence-electron chi connectivity index (χ1n) is 6.06. The Morgan fingerprint density at radius 3 is 2.41 bits per heavy atom. The molecular weight excluding hydrogens is 214 g/mol. The summed E-state index contributed by atoms with van der Waals surface area (Å²) < 4.78 is 0. The van der Waals surface area contributed by atoms with Crippen molar-refractivity contribution < 1.29 is 9.90 Å². The summed E-state index contributed by atoms with van der Waals surface area (Å²) in [6.45, 7) is 4.09. The third kappa shape index (κ3) is 3.30. The van der Waals surface area contributed by atoms with Gasteiger partial charge in [0.05, 0.1) is 5.60 Å². The molecule has 3 heteroatoms. The second-order valence-electron chi connectivity index (χ2n) is 5.25. The van der Waals surface area contributed by atoms with E-state index in [4.69, 9.17) is 0 Å². The van der Waals surface area contributed by atoms with E-state index in [2.05, 4.69) is 5.32 Å². The number of hydrogen-bond donors (Lipinski definition) is 2. The maximum atomic E-state index is 11.5. The molecule has 1 amide bonds. The zero-order chi connectivity index (χ0) is 12.5. The van der Waals surface area contributed by atoms with Crippen molar-refractivity contribution in [3.05, 3.63) is 35.4 Å². The van der Waals surface area contributed by atoms with E-state index in [0.717, 1.165) is 24.0 Å². The summed E-state index contributed by atoms with van der Waals surface area (Å²) in [4.78, 5) is 11.5. The summed E-state index contributed by atoms with van der Waals surface area (Å²) in [5.41, 5.74) is 1.14. The quantitative estimate of drug-likeness (QED) is 0.835. The predicted molar refractivity (Wildman–Crippen MR) is 66.3 cm³/mol. The van der Waals surface area contributed by atoms with Gasteiger partial charge in [-0.05, 0) is 37.8 Å². The van der Waals surface area contributed by atoms with Crippen LogP contribution in [0.15, 0.2) is 24.3 Å². The minimum absolute atomic E-state index is 0.163. The molecule has 0 aromatic heterocycles. The summed E-state index contributed by atoms with van der Waals surface area (Å²) in [6, 6.07) is 7.69. The van der Waals surface area contributed by atoms with Crippen molar-refractivity contribution in [2.75, 3.05) is 0 Å². The van der Waals surface area contributed by atoms with Gasteiger partial charge in [0.1, 0.15) is 0 Å². The van der Waals surface area contributed by atoms with E-state index in [9.17, 15) is 9.90 Å². The van der Waals surface area contributed by atoms with Crippen LogP contribution in [0.2, 0.25) is 0 Å². The molecule has 3 nitrogen and oxygen atoms in total. The number of benzene rings is 1. The lowest BCUT2D eigenvalue weighted by molar-refractivity contribution is -0.122. The molecule has 17 heavy (non-hydrogen) atoms. The van der Waals surface area contributed by atoms with E-state index >= 15 is 0 Å². The molecule has 92 valence electrons. The first kappa shape index (κ1) is 12.1. The molecule has 0 radical (unpaired) electrons. The minimum Gasteiger partial charge on any atom is -0.386 e. The van der Waals surface area contributed by atoms with Crippen molar-refractivity contribution in [3.8, 4) is 0 Å². The van der Waals surface area contributed by atoms with Gasteiger partial charge < -0.3 is 10.4 Å². The Kier molecular flexibility index (Phi) is 3.20. The normalized spacial score (nSPS) is 15.7. The van der Waals surface area contributed by atoms with Crippen LogP contribution >= 0.6 is 0 Å². The van der Waals surface area contributed by atoms with Gasteiger partial charge in [-0.15, -0.1) is 0 Å². The molecule has 1 saturated carbocycles. The van der Waals surface area contributed by atoms with Crippen LogP contribution in [-0.2, 0) is 16.9 Å². The van der Waals surface area contributed by atoms with Gasteiger partial charge in [0.15, 0.2) is 0 Å². The van der Waals surface area contributed by atoms with Gasteiger partial charge in [-0.1, -0.05) is 24.3 Å². The molecule has 1 fully saturated rings. The fourth-order valence-electron chi connectivity index (χ4n) is 1.71. The van der Waals surface area contributed by atoms with E-state index in [0.29, 0.717) is 6.54 Å². The molecule has 0 spiro atoms. The van der Waals surface area contributed by atoms with Crippen molar-refractivity contribution in [3.63, 3.8) is 0 Å². The SMILES string of the molecule is CC(C)(O)c1ccc(CNC(=O)C2CC2)cc1. The van der Waals surface area contributed by atoms with Crippen LogP contribution in [0.4, 0.5) is 0 Å². The van der Waals surface area contributed by atoms with Crippen molar-refractivity contribution in [1.82, 2.24) is 5.32 Å². The van der Waals surface area contributed by atoms with Gasteiger partial charge in [0.25, 0.3) is 0 Å². The molecule has 2 N–H and O–H groups in total. The molecule has 0 aliphatic heterocycles. The van der Waals surface area contributed by atoms with E-state index in [1.165, 1.54) is 0 Å². The number of carbonyl (C=O) groups is 1. The molecule has 1 aliphatic rings. The Morgan fingerprint density at radius 1 is 1.35 bits per heavy atom. The highest BCUT2D eigenvalue weighted by Crippen LogP contribution is 2.28. The Bertz CT molecular complexity index is 399. The van der Waals surface area contributed by atoms with Gasteiger partial charge in [-0.2, -0.15) is 0 Å². The fourth-order valence-corrected chi connectivity index (χ4v) is 1.71. The number of aliphatic hydroxyl groups is 1. The third-order valence-corrected chi connectivity index (χ3v) is 3.08. The largest absolute Gasteiger partial charge is 0.386 e. The molecule has 1 aliphatic carbocycles. The lowest BCUT2D eigenvalue weighted by atomic mass is 9.97. The summed E-state index contributed by atoms with van der Waals surface area (Å²) >= 11 is 0. The van der Waals surface area contributed by atoms with Crippen LogP contribution in [-0.4, -0.2) is 11.0 Å². The van der Waals surface area contributed by atoms with Crippen molar-refractivity contribution in [1.29, 1.82) is 0 Å². The van der Waals surface area contributed by atoms with Crippen molar-refractivity contribution in [2.24, 2.45) is 5.92 Å². The van der Waals surface area contributed by atoms with Crippen LogP contribution in [0.1, 0.15) is 37.8 Å². The fraction of sp³-hybridized carbons (Fsp3) is 0.500. The lowest BCUT2D eigenvalue weighted by Gasteiger charge is -2.17. The Balaban J connectivity index is 1.91. The van der Waals surface area contributed by atoms with Crippen LogP contribution in [0.25, 0.3) is 0 Å². The van der Waals surface area contributed by atoms with E-state index in [1.807, 2.05) is 24.3 Å². The molecule has 0 bridgehead atoms. The number of amides is 1. The standard InChI is InChI=1S/C14H19NO2/c1-14(2,17)12-7-3-10(4-8-12)9-15-13(16)11-5-6-11/h3-4,7-8,11,17H,5-6,9H2,1-2H3,(H,15,16). The highest BCUT2D eigenvalue weighted by atomic mass is 16.3. The van der Waals surface area contributed by atoms with Crippen LogP contribution < -0.4 is 5.32 Å². The van der Waals surface area contributed by atoms with E-state index < -0.39 is 5.60 Å². The summed E-state index contributed by atoms with van der Waals surface area (Å²) in [5, 5.41) is 12.7. The Labute approximate surface area is 102 Å². The van der Waals surface area contributed by atoms with Crippen LogP contribution in [0, 0.1) is 5.92 Å². The van der Waals surface area contributed by atoms with Crippen LogP contribution in [0.5, 0.6) is 0 Å². The number of carbonyl (C=O) groups excluding carboxylic acids is 1. The van der Waals surface area contributed by atoms with Crippen molar-refractivity contribution in [2.45, 2.75) is 38.8 Å². The van der Waals surface area contributed by atoms with Gasteiger partial charge >= 0.3 is 0 Å². The summed E-state index contributed by atoms with van der Waals surface area (Å²) in [6.07, 6.45) is 2.06. The van der Waals surface area contributed by atoms with Crippen LogP contribution in [0.3, 0.4) is 0 Å². The average Bonchev–Trinajstić information content (AvgIpc) is 3.09. The topological polar surface area (TPSA) is 49.3 Å². The minimum atomic E-state index is -0.810. The molecule has 2 rings (SSSR count). The lowest BCUT2D eigenvalue weighted by Crippen LogP contribution is -2.24. The monoisotopic (exact) mass is 233 g/mol. The van der Waals surface area contributed by atoms with E-state index in [-0.39, 0.29) is 11.8 Å². The van der Waals surface area contributed by atoms with Gasteiger partial charge in [-0.25, -0.2) is 0 Å². The first-order valence-corrected chi connectivity index (χ1v) is 6.06. The zero-order valence-corrected chi connectivity index (χ0v) is 10.4. The number of nitrogens with one attached hydrogen (secondary N) is 1. The Hall–Kier alpha value is -1.35. The van der Waals surface area contributed by atoms with Gasteiger partial charge in [0, 0.05) is 12.5 Å². The predicted octanol–water partition coefficient (Wildman–Crippen LogP) is 1.94. The molecule has 0 atom stereocenters. The molecule has 1 aromatic rings. The van der Waals surface area contributed by atoms with Gasteiger partial charge in [-0.3, -0.25) is 4.79 Å². The Morgan fingerprint density at radius 2 is 1.94 bits per heavy atom. The van der Waals surface area contributed by atoms with Gasteiger partial charge in [0.2, 0.25) is 5.91 Å². The maximum absolute atomic E-state index is 11.5. The zero-order valence-electron chi connectivity index (χ0n) is 10.4. The summed E-state index contributed by atoms with van der Waals surface area (Å²) in [7, 11) is 0. The molecule has 0 unspecified atom stereocenters. The highest BCUT2D eigenvalue weighted by molar-refractivity contribution is 5.80. The molecule has 1 aromatic carbocycles. The number of rotatable bonds is 4. The van der Waals surface area contributed by atoms with E-state index in [1.54, 1.807) is 13.8 Å². The molecular formula is C14H19NO2. The van der Waals surface area contributed by atoms with Crippen molar-refractivity contribution >= 4 is 5.91 Å². The first-order chi connectivity index (χ1) is 7.97. The molecule has 0 saturated heterocycles. The second kappa shape index (κ2) is 4.49. The second-order valence-corrected chi connectivity index (χ2v) is 5.25. The molecule has 0 heterocycles. The number of hydrogen-bond acceptors (Lipinski definition) is 2. The smallest absolute Gasteiger partial charge is 0.223 e.